The number of carbonyl (C=O) groups excluding carboxylic acids is 1. The maximum absolute atomic E-state index is 11.6. The Kier molecular flexibility index (Phi) is 3.96. The van der Waals surface area contributed by atoms with Crippen molar-refractivity contribution in [2.75, 3.05) is 14.2 Å². The van der Waals surface area contributed by atoms with Gasteiger partial charge in [0.1, 0.15) is 5.54 Å². The van der Waals surface area contributed by atoms with Crippen LogP contribution in [0.15, 0.2) is 18.2 Å². The zero-order chi connectivity index (χ0) is 13.1. The zero-order valence-electron chi connectivity index (χ0n) is 10.2. The van der Waals surface area contributed by atoms with Gasteiger partial charge in [-0.1, -0.05) is 6.07 Å². The van der Waals surface area contributed by atoms with Crippen LogP contribution >= 0.6 is 0 Å². The minimum atomic E-state index is -0.863. The van der Waals surface area contributed by atoms with Crippen molar-refractivity contribution < 1.29 is 19.7 Å². The Bertz CT molecular complexity index is 419. The normalized spacial score (nSPS) is 14.1. The van der Waals surface area contributed by atoms with Gasteiger partial charge in [0.2, 0.25) is 0 Å². The fraction of sp³-hybridized carbons (Fsp3) is 0.417. The minimum absolute atomic E-state index is 0.182. The van der Waals surface area contributed by atoms with Gasteiger partial charge in [-0.2, -0.15) is 0 Å². The van der Waals surface area contributed by atoms with Gasteiger partial charge in [-0.05, 0) is 31.7 Å². The van der Waals surface area contributed by atoms with Crippen LogP contribution in [0.25, 0.3) is 0 Å². The van der Waals surface area contributed by atoms with E-state index in [1.807, 2.05) is 0 Å². The summed E-state index contributed by atoms with van der Waals surface area (Å²) in [5.41, 5.74) is -0.138. The van der Waals surface area contributed by atoms with Crippen LogP contribution in [0.3, 0.4) is 0 Å². The molecule has 94 valence electrons. The van der Waals surface area contributed by atoms with Crippen LogP contribution in [0.2, 0.25) is 0 Å². The smallest absolute Gasteiger partial charge is 0.326 e. The lowest BCUT2D eigenvalue weighted by Gasteiger charge is -2.26. The molecule has 5 heteroatoms. The van der Waals surface area contributed by atoms with Gasteiger partial charge in [0.25, 0.3) is 0 Å². The number of hydrogen-bond acceptors (Lipinski definition) is 5. The number of benzene rings is 1. The highest BCUT2D eigenvalue weighted by atomic mass is 16.5. The van der Waals surface area contributed by atoms with Crippen molar-refractivity contribution in [2.24, 2.45) is 0 Å². The number of phenols is 2. The van der Waals surface area contributed by atoms with Crippen LogP contribution < -0.4 is 5.32 Å². The number of phenolic OH excluding ortho intramolecular Hbond substituents is 2. The number of likely N-dealkylation sites (N-methyl/N-ethyl adjacent to an activating group) is 1. The highest BCUT2D eigenvalue weighted by Crippen LogP contribution is 2.26. The number of methoxy groups -OCH3 is 1. The van der Waals surface area contributed by atoms with Crippen molar-refractivity contribution in [2.45, 2.75) is 18.9 Å². The number of hydrogen-bond donors (Lipinski definition) is 3. The van der Waals surface area contributed by atoms with Crippen molar-refractivity contribution in [1.29, 1.82) is 0 Å². The minimum Gasteiger partial charge on any atom is -0.504 e. The molecule has 1 aromatic carbocycles. The Balaban J connectivity index is 2.95. The van der Waals surface area contributed by atoms with E-state index in [4.69, 9.17) is 4.74 Å². The van der Waals surface area contributed by atoms with Crippen molar-refractivity contribution in [1.82, 2.24) is 5.32 Å². The van der Waals surface area contributed by atoms with Gasteiger partial charge < -0.3 is 20.3 Å². The largest absolute Gasteiger partial charge is 0.504 e. The number of nitrogens with one attached hydrogen (secondary N) is 1. The first-order valence-corrected chi connectivity index (χ1v) is 5.21. The summed E-state index contributed by atoms with van der Waals surface area (Å²) in [7, 11) is 2.99. The number of esters is 1. The molecule has 0 aliphatic carbocycles. The summed E-state index contributed by atoms with van der Waals surface area (Å²) in [5, 5.41) is 21.5. The molecule has 0 amide bonds. The van der Waals surface area contributed by atoms with Gasteiger partial charge in [0.15, 0.2) is 11.5 Å². The van der Waals surface area contributed by atoms with Crippen molar-refractivity contribution in [3.05, 3.63) is 23.8 Å². The first kappa shape index (κ1) is 13.3. The van der Waals surface area contributed by atoms with Crippen LogP contribution in [0.1, 0.15) is 12.5 Å². The third kappa shape index (κ3) is 2.88. The standard InChI is InChI=1S/C12H17NO4/c1-12(13-2,11(16)17-3)7-8-4-5-9(14)10(15)6-8/h4-6,13-15H,7H2,1-3H3. The molecule has 17 heavy (non-hydrogen) atoms. The predicted molar refractivity (Wildman–Crippen MR) is 63.0 cm³/mol. The molecule has 0 spiro atoms. The van der Waals surface area contributed by atoms with E-state index in [0.717, 1.165) is 5.56 Å². The van der Waals surface area contributed by atoms with Crippen molar-refractivity contribution >= 4 is 5.97 Å². The van der Waals surface area contributed by atoms with Crippen molar-refractivity contribution in [3.63, 3.8) is 0 Å². The maximum Gasteiger partial charge on any atom is 0.326 e. The quantitative estimate of drug-likeness (QED) is 0.535. The van der Waals surface area contributed by atoms with E-state index in [1.54, 1.807) is 20.0 Å². The first-order chi connectivity index (χ1) is 7.92. The molecular formula is C12H17NO4. The highest BCUT2D eigenvalue weighted by molar-refractivity contribution is 5.80. The third-order valence-electron chi connectivity index (χ3n) is 2.79. The highest BCUT2D eigenvalue weighted by Gasteiger charge is 2.32. The van der Waals surface area contributed by atoms with Crippen LogP contribution in [0, 0.1) is 0 Å². The van der Waals surface area contributed by atoms with Gasteiger partial charge in [0.05, 0.1) is 7.11 Å². The molecule has 1 rings (SSSR count). The van der Waals surface area contributed by atoms with Gasteiger partial charge in [-0.15, -0.1) is 0 Å². The molecule has 0 heterocycles. The molecule has 0 aromatic heterocycles. The van der Waals surface area contributed by atoms with Crippen LogP contribution in [0.4, 0.5) is 0 Å². The summed E-state index contributed by atoms with van der Waals surface area (Å²) in [6.07, 6.45) is 0.351. The zero-order valence-corrected chi connectivity index (χ0v) is 10.2. The summed E-state index contributed by atoms with van der Waals surface area (Å²) in [6, 6.07) is 4.46. The van der Waals surface area contributed by atoms with E-state index >= 15 is 0 Å². The Labute approximate surface area is 100 Å². The number of carbonyl (C=O) groups is 1. The summed E-state index contributed by atoms with van der Waals surface area (Å²) < 4.78 is 4.72. The first-order valence-electron chi connectivity index (χ1n) is 5.21. The molecule has 0 aliphatic rings. The van der Waals surface area contributed by atoms with Crippen molar-refractivity contribution in [3.8, 4) is 11.5 Å². The second kappa shape index (κ2) is 5.05. The van der Waals surface area contributed by atoms with E-state index in [2.05, 4.69) is 5.32 Å². The molecule has 1 atom stereocenters. The molecule has 0 radical (unpaired) electrons. The van der Waals surface area contributed by atoms with E-state index in [1.165, 1.54) is 19.2 Å². The lowest BCUT2D eigenvalue weighted by molar-refractivity contribution is -0.147. The number of ether oxygens (including phenoxy) is 1. The molecule has 0 aliphatic heterocycles. The summed E-state index contributed by atoms with van der Waals surface area (Å²) in [5.74, 6) is -0.767. The Morgan fingerprint density at radius 1 is 1.41 bits per heavy atom. The molecule has 1 unspecified atom stereocenters. The molecule has 1 aromatic rings. The average molecular weight is 239 g/mol. The van der Waals surface area contributed by atoms with Gasteiger partial charge in [-0.25, -0.2) is 0 Å². The summed E-state index contributed by atoms with van der Waals surface area (Å²) >= 11 is 0. The predicted octanol–water partition coefficient (Wildman–Crippen LogP) is 0.791. The summed E-state index contributed by atoms with van der Waals surface area (Å²) in [6.45, 7) is 1.71. The van der Waals surface area contributed by atoms with E-state index in [-0.39, 0.29) is 17.5 Å². The molecular weight excluding hydrogens is 222 g/mol. The molecule has 0 fully saturated rings. The lowest BCUT2D eigenvalue weighted by Crippen LogP contribution is -2.50. The fourth-order valence-electron chi connectivity index (χ4n) is 1.58. The molecule has 0 saturated heterocycles. The molecule has 3 N–H and O–H groups in total. The molecule has 5 nitrogen and oxygen atoms in total. The molecule has 0 saturated carbocycles. The van der Waals surface area contributed by atoms with Gasteiger partial charge in [0, 0.05) is 6.42 Å². The van der Waals surface area contributed by atoms with Crippen LogP contribution in [-0.4, -0.2) is 35.9 Å². The summed E-state index contributed by atoms with van der Waals surface area (Å²) in [4.78, 5) is 11.6. The topological polar surface area (TPSA) is 78.8 Å². The number of rotatable bonds is 4. The lowest BCUT2D eigenvalue weighted by atomic mass is 9.93. The van der Waals surface area contributed by atoms with Gasteiger partial charge >= 0.3 is 5.97 Å². The van der Waals surface area contributed by atoms with E-state index in [9.17, 15) is 15.0 Å². The SMILES string of the molecule is CNC(C)(Cc1ccc(O)c(O)c1)C(=O)OC. The monoisotopic (exact) mass is 239 g/mol. The Hall–Kier alpha value is -1.75. The second-order valence-corrected chi connectivity index (χ2v) is 4.07. The number of aromatic hydroxyl groups is 2. The maximum atomic E-state index is 11.6. The molecule has 0 bridgehead atoms. The second-order valence-electron chi connectivity index (χ2n) is 4.07. The Morgan fingerprint density at radius 2 is 2.06 bits per heavy atom. The van der Waals surface area contributed by atoms with Gasteiger partial charge in [-0.3, -0.25) is 4.79 Å². The van der Waals surface area contributed by atoms with Crippen LogP contribution in [-0.2, 0) is 16.0 Å². The van der Waals surface area contributed by atoms with E-state index < -0.39 is 5.54 Å². The van der Waals surface area contributed by atoms with Crippen LogP contribution in [0.5, 0.6) is 11.5 Å². The Morgan fingerprint density at radius 3 is 2.53 bits per heavy atom. The fourth-order valence-corrected chi connectivity index (χ4v) is 1.58. The third-order valence-corrected chi connectivity index (χ3v) is 2.79. The van der Waals surface area contributed by atoms with E-state index in [0.29, 0.717) is 6.42 Å². The average Bonchev–Trinajstić information content (AvgIpc) is 2.32.